The number of anilines is 1. The fourth-order valence-electron chi connectivity index (χ4n) is 3.61. The van der Waals surface area contributed by atoms with Crippen LogP contribution in [0.4, 0.5) is 5.69 Å². The zero-order valence-corrected chi connectivity index (χ0v) is 15.2. The summed E-state index contributed by atoms with van der Waals surface area (Å²) in [6, 6.07) is 8.04. The first kappa shape index (κ1) is 19.2. The Labute approximate surface area is 151 Å². The van der Waals surface area contributed by atoms with Crippen molar-refractivity contribution in [3.63, 3.8) is 0 Å². The third kappa shape index (κ3) is 5.47. The molecule has 2 N–H and O–H groups in total. The third-order valence-electron chi connectivity index (χ3n) is 5.00. The number of benzene rings is 1. The minimum absolute atomic E-state index is 0. The zero-order valence-electron chi connectivity index (χ0n) is 14.4. The smallest absolute Gasteiger partial charge is 0.228 e. The molecule has 3 rings (SSSR count). The number of halogens is 1. The zero-order chi connectivity index (χ0) is 16.1. The normalized spacial score (nSPS) is 26.6. The van der Waals surface area contributed by atoms with E-state index in [0.29, 0.717) is 12.7 Å². The monoisotopic (exact) mass is 352 g/mol. The molecular weight excluding hydrogens is 324 g/mol. The van der Waals surface area contributed by atoms with Crippen molar-refractivity contribution in [2.75, 3.05) is 18.4 Å². The van der Waals surface area contributed by atoms with Crippen molar-refractivity contribution in [2.24, 2.45) is 11.8 Å². The molecule has 134 valence electrons. The molecule has 1 aromatic carbocycles. The standard InChI is InChI=1S/C19H28N2O2.ClH/c1-14-4-2-7-18(10-14)23-13-15-5-3-6-17(11-15)21-19(22)16-8-9-20-12-16;/h3,5-6,11,14,16,18,20H,2,4,7-10,12-13H2,1H3,(H,21,22);1H. The Morgan fingerprint density at radius 1 is 1.33 bits per heavy atom. The molecule has 0 radical (unpaired) electrons. The Kier molecular flexibility index (Phi) is 7.53. The molecule has 1 aliphatic carbocycles. The van der Waals surface area contributed by atoms with Gasteiger partial charge in [-0.1, -0.05) is 31.9 Å². The van der Waals surface area contributed by atoms with Crippen LogP contribution in [0.1, 0.15) is 44.6 Å². The maximum atomic E-state index is 12.2. The van der Waals surface area contributed by atoms with Gasteiger partial charge in [-0.3, -0.25) is 4.79 Å². The maximum absolute atomic E-state index is 12.2. The SMILES string of the molecule is CC1CCCC(OCc2cccc(NC(=O)C3CCNC3)c2)C1.Cl. The van der Waals surface area contributed by atoms with Crippen LogP contribution in [0.3, 0.4) is 0 Å². The molecule has 0 bridgehead atoms. The highest BCUT2D eigenvalue weighted by Crippen LogP contribution is 2.26. The first-order valence-electron chi connectivity index (χ1n) is 8.93. The molecular formula is C19H29ClN2O2. The number of hydrogen-bond acceptors (Lipinski definition) is 3. The van der Waals surface area contributed by atoms with Crippen LogP contribution in [0.2, 0.25) is 0 Å². The van der Waals surface area contributed by atoms with Gasteiger partial charge in [-0.05, 0) is 49.4 Å². The minimum Gasteiger partial charge on any atom is -0.374 e. The highest BCUT2D eigenvalue weighted by molar-refractivity contribution is 5.92. The topological polar surface area (TPSA) is 50.4 Å². The fraction of sp³-hybridized carbons (Fsp3) is 0.632. The van der Waals surface area contributed by atoms with Crippen LogP contribution in [-0.4, -0.2) is 25.1 Å². The number of carbonyl (C=O) groups is 1. The van der Waals surface area contributed by atoms with Crippen molar-refractivity contribution in [3.05, 3.63) is 29.8 Å². The van der Waals surface area contributed by atoms with Gasteiger partial charge < -0.3 is 15.4 Å². The molecule has 3 atom stereocenters. The van der Waals surface area contributed by atoms with Crippen LogP contribution < -0.4 is 10.6 Å². The molecule has 4 nitrogen and oxygen atoms in total. The van der Waals surface area contributed by atoms with E-state index in [9.17, 15) is 4.79 Å². The van der Waals surface area contributed by atoms with Crippen LogP contribution in [0.5, 0.6) is 0 Å². The molecule has 5 heteroatoms. The number of nitrogens with one attached hydrogen (secondary N) is 2. The molecule has 2 aliphatic rings. The van der Waals surface area contributed by atoms with E-state index in [1.165, 1.54) is 25.7 Å². The lowest BCUT2D eigenvalue weighted by Crippen LogP contribution is -2.24. The quantitative estimate of drug-likeness (QED) is 0.848. The van der Waals surface area contributed by atoms with Crippen LogP contribution >= 0.6 is 12.4 Å². The Morgan fingerprint density at radius 3 is 2.96 bits per heavy atom. The third-order valence-corrected chi connectivity index (χ3v) is 5.00. The second-order valence-electron chi connectivity index (χ2n) is 7.08. The molecule has 0 spiro atoms. The molecule has 2 fully saturated rings. The van der Waals surface area contributed by atoms with Crippen molar-refractivity contribution >= 4 is 24.0 Å². The lowest BCUT2D eigenvalue weighted by Gasteiger charge is -2.26. The second kappa shape index (κ2) is 9.40. The van der Waals surface area contributed by atoms with Crippen LogP contribution in [0.15, 0.2) is 24.3 Å². The van der Waals surface area contributed by atoms with Crippen molar-refractivity contribution in [2.45, 2.75) is 51.7 Å². The number of carbonyl (C=O) groups excluding carboxylic acids is 1. The molecule has 3 unspecified atom stereocenters. The maximum Gasteiger partial charge on any atom is 0.228 e. The number of amides is 1. The molecule has 1 saturated carbocycles. The summed E-state index contributed by atoms with van der Waals surface area (Å²) in [6.45, 7) is 4.66. The average Bonchev–Trinajstić information content (AvgIpc) is 3.08. The lowest BCUT2D eigenvalue weighted by atomic mass is 9.89. The molecule has 24 heavy (non-hydrogen) atoms. The number of hydrogen-bond donors (Lipinski definition) is 2. The Hall–Kier alpha value is -1.10. The fourth-order valence-corrected chi connectivity index (χ4v) is 3.61. The first-order valence-corrected chi connectivity index (χ1v) is 8.93. The Bertz CT molecular complexity index is 532. The summed E-state index contributed by atoms with van der Waals surface area (Å²) in [6.07, 6.45) is 6.27. The molecule has 0 aromatic heterocycles. The molecule has 1 aromatic rings. The van der Waals surface area contributed by atoms with E-state index in [1.807, 2.05) is 18.2 Å². The highest BCUT2D eigenvalue weighted by Gasteiger charge is 2.22. The van der Waals surface area contributed by atoms with E-state index < -0.39 is 0 Å². The van der Waals surface area contributed by atoms with Crippen LogP contribution in [0.25, 0.3) is 0 Å². The molecule has 1 saturated heterocycles. The van der Waals surface area contributed by atoms with Gasteiger partial charge in [0, 0.05) is 12.2 Å². The van der Waals surface area contributed by atoms with Gasteiger partial charge in [0.25, 0.3) is 0 Å². The van der Waals surface area contributed by atoms with E-state index >= 15 is 0 Å². The summed E-state index contributed by atoms with van der Waals surface area (Å²) in [7, 11) is 0. The van der Waals surface area contributed by atoms with E-state index in [-0.39, 0.29) is 24.2 Å². The minimum atomic E-state index is 0. The van der Waals surface area contributed by atoms with Gasteiger partial charge >= 0.3 is 0 Å². The Morgan fingerprint density at radius 2 is 2.21 bits per heavy atom. The van der Waals surface area contributed by atoms with Crippen LogP contribution in [0, 0.1) is 11.8 Å². The van der Waals surface area contributed by atoms with Gasteiger partial charge in [-0.25, -0.2) is 0 Å². The average molecular weight is 353 g/mol. The lowest BCUT2D eigenvalue weighted by molar-refractivity contribution is -0.119. The Balaban J connectivity index is 0.00000208. The van der Waals surface area contributed by atoms with E-state index in [4.69, 9.17) is 4.74 Å². The van der Waals surface area contributed by atoms with Crippen LogP contribution in [-0.2, 0) is 16.1 Å². The summed E-state index contributed by atoms with van der Waals surface area (Å²) in [5.74, 6) is 0.993. The van der Waals surface area contributed by atoms with Gasteiger partial charge in [0.2, 0.25) is 5.91 Å². The second-order valence-corrected chi connectivity index (χ2v) is 7.08. The predicted molar refractivity (Wildman–Crippen MR) is 99.5 cm³/mol. The van der Waals surface area contributed by atoms with E-state index in [2.05, 4.69) is 23.6 Å². The summed E-state index contributed by atoms with van der Waals surface area (Å²) >= 11 is 0. The largest absolute Gasteiger partial charge is 0.374 e. The predicted octanol–water partition coefficient (Wildman–Crippen LogP) is 3.75. The van der Waals surface area contributed by atoms with Gasteiger partial charge in [0.1, 0.15) is 0 Å². The van der Waals surface area contributed by atoms with Gasteiger partial charge in [0.05, 0.1) is 18.6 Å². The summed E-state index contributed by atoms with van der Waals surface area (Å²) < 4.78 is 6.08. The molecule has 1 amide bonds. The van der Waals surface area contributed by atoms with Gasteiger partial charge in [-0.2, -0.15) is 0 Å². The first-order chi connectivity index (χ1) is 11.2. The number of ether oxygens (including phenoxy) is 1. The van der Waals surface area contributed by atoms with Gasteiger partial charge in [-0.15, -0.1) is 12.4 Å². The summed E-state index contributed by atoms with van der Waals surface area (Å²) in [5, 5.41) is 6.26. The van der Waals surface area contributed by atoms with E-state index in [1.54, 1.807) is 0 Å². The van der Waals surface area contributed by atoms with E-state index in [0.717, 1.165) is 36.7 Å². The summed E-state index contributed by atoms with van der Waals surface area (Å²) in [4.78, 5) is 12.2. The number of rotatable bonds is 5. The highest BCUT2D eigenvalue weighted by atomic mass is 35.5. The van der Waals surface area contributed by atoms with Crippen molar-refractivity contribution in [3.8, 4) is 0 Å². The summed E-state index contributed by atoms with van der Waals surface area (Å²) in [5.41, 5.74) is 2.01. The van der Waals surface area contributed by atoms with Crippen molar-refractivity contribution in [1.82, 2.24) is 5.32 Å². The molecule has 1 heterocycles. The molecule has 1 aliphatic heterocycles. The van der Waals surface area contributed by atoms with Crippen molar-refractivity contribution < 1.29 is 9.53 Å². The van der Waals surface area contributed by atoms with Gasteiger partial charge in [0.15, 0.2) is 0 Å². The van der Waals surface area contributed by atoms with Crippen molar-refractivity contribution in [1.29, 1.82) is 0 Å².